The molecule has 4 aromatic rings. The summed E-state index contributed by atoms with van der Waals surface area (Å²) < 4.78 is 8.85. The fraction of sp³-hybridized carbons (Fsp3) is 0.465. The van der Waals surface area contributed by atoms with Gasteiger partial charge in [0.25, 0.3) is 5.91 Å². The molecule has 7 atom stereocenters. The van der Waals surface area contributed by atoms with Gasteiger partial charge in [-0.2, -0.15) is 0 Å². The molecule has 4 aliphatic heterocycles. The first kappa shape index (κ1) is 40.0. The molecule has 0 radical (unpaired) electrons. The highest BCUT2D eigenvalue weighted by molar-refractivity contribution is 6.71. The van der Waals surface area contributed by atoms with E-state index in [1.807, 2.05) is 99.0 Å². The zero-order valence-electron chi connectivity index (χ0n) is 33.4. The molecule has 6 N–H and O–H groups in total. The first-order valence-corrected chi connectivity index (χ1v) is 23.6. The van der Waals surface area contributed by atoms with Crippen LogP contribution in [0.25, 0.3) is 0 Å². The molecule has 15 heteroatoms. The molecule has 1 aromatic heterocycles. The van der Waals surface area contributed by atoms with Gasteiger partial charge in [-0.25, -0.2) is 0 Å². The maximum Gasteiger partial charge on any atom is 0.264 e. The topological polar surface area (TPSA) is 183 Å². The average Bonchev–Trinajstić information content (AvgIpc) is 4.06. The van der Waals surface area contributed by atoms with E-state index in [1.54, 1.807) is 9.58 Å². The molecule has 1 unspecified atom stereocenters. The smallest absolute Gasteiger partial charge is 0.264 e. The second-order valence-corrected chi connectivity index (χ2v) is 20.8. The number of hydrogen-bond donors (Lipinski definition) is 6. The summed E-state index contributed by atoms with van der Waals surface area (Å²) in [6.45, 7) is 7.99. The maximum absolute atomic E-state index is 15.2. The molecular formula is C43H54N8O6Si. The molecule has 3 aromatic carbocycles. The monoisotopic (exact) mass is 806 g/mol. The van der Waals surface area contributed by atoms with Crippen LogP contribution in [0.4, 0.5) is 17.1 Å². The number of hydrogen-bond acceptors (Lipinski definition) is 10. The van der Waals surface area contributed by atoms with Crippen LogP contribution in [0.1, 0.15) is 67.3 Å². The largest absolute Gasteiger partial charge is 0.432 e. The Kier molecular flexibility index (Phi) is 11.4. The van der Waals surface area contributed by atoms with E-state index < -0.39 is 25.9 Å². The fourth-order valence-corrected chi connectivity index (χ4v) is 12.2. The number of carbonyl (C=O) groups is 3. The number of rotatable bonds is 13. The zero-order chi connectivity index (χ0) is 40.6. The number of ether oxygens (including phenoxy) is 1. The summed E-state index contributed by atoms with van der Waals surface area (Å²) in [5.41, 5.74) is 3.33. The van der Waals surface area contributed by atoms with Gasteiger partial charge in [-0.05, 0) is 99.7 Å². The van der Waals surface area contributed by atoms with Gasteiger partial charge in [0.1, 0.15) is 0 Å². The molecule has 5 heterocycles. The molecule has 306 valence electrons. The Balaban J connectivity index is 1.08. The van der Waals surface area contributed by atoms with E-state index in [9.17, 15) is 19.5 Å². The summed E-state index contributed by atoms with van der Waals surface area (Å²) in [6.07, 6.45) is 5.28. The molecule has 3 saturated heterocycles. The third kappa shape index (κ3) is 7.74. The van der Waals surface area contributed by atoms with Gasteiger partial charge in [-0.3, -0.25) is 19.1 Å². The van der Waals surface area contributed by atoms with Crippen molar-refractivity contribution in [3.63, 3.8) is 0 Å². The standard InChI is InChI=1S/C43H54N8O6Si/c1-27-39(58(2,3)56)38(19-22-50-25-36(48-49-50)32(26-52)29-9-5-4-6-10-29)57-43(27)33-23-31(47-41(54)35-12-8-21-45-35)17-18-37(33)51(42(43)55)24-28-13-15-30(16-14-28)46-40(53)34-11-7-20-44-34/h4-6,9-10,13-18,23,25,27,32,34-35,38-39,44-45,52,56H,7-8,11-12,19-22,24,26H2,1-3H3,(H,46,53)(H,47,54)/t27-,32?,34+,35+,38+,39-,43+/m0/s1. The van der Waals surface area contributed by atoms with Gasteiger partial charge < -0.3 is 40.8 Å². The molecule has 14 nitrogen and oxygen atoms in total. The molecule has 8 rings (SSSR count). The van der Waals surface area contributed by atoms with Gasteiger partial charge in [-0.1, -0.05) is 54.6 Å². The van der Waals surface area contributed by atoms with E-state index in [4.69, 9.17) is 4.74 Å². The SMILES string of the molecule is C[C@H]1[C@H]([Si](C)(C)O)[C@@H](CCn2cc(C(CO)c3ccccc3)nn2)O[C@]12C(=O)N(Cc1ccc(NC(=O)[C@H]3CCCN3)cc1)c1ccc(NC(=O)[C@H]3CCCN3)cc12. The highest BCUT2D eigenvalue weighted by Gasteiger charge is 2.66. The minimum Gasteiger partial charge on any atom is -0.432 e. The third-order valence-electron chi connectivity index (χ3n) is 12.5. The molecule has 4 aliphatic rings. The summed E-state index contributed by atoms with van der Waals surface area (Å²) >= 11 is 0. The Morgan fingerprint density at radius 2 is 1.62 bits per heavy atom. The van der Waals surface area contributed by atoms with Gasteiger partial charge in [-0.15, -0.1) is 5.10 Å². The Labute approximate surface area is 339 Å². The molecule has 0 aliphatic carbocycles. The van der Waals surface area contributed by atoms with E-state index in [0.29, 0.717) is 41.3 Å². The number of nitrogens with one attached hydrogen (secondary N) is 4. The molecule has 3 amide bonds. The van der Waals surface area contributed by atoms with Gasteiger partial charge in [0, 0.05) is 41.1 Å². The maximum atomic E-state index is 15.2. The van der Waals surface area contributed by atoms with Crippen LogP contribution in [-0.4, -0.2) is 88.8 Å². The van der Waals surface area contributed by atoms with E-state index in [1.165, 1.54) is 0 Å². The lowest BCUT2D eigenvalue weighted by Crippen LogP contribution is -2.46. The summed E-state index contributed by atoms with van der Waals surface area (Å²) in [4.78, 5) is 54.8. The Hall–Kier alpha value is -4.77. The lowest BCUT2D eigenvalue weighted by molar-refractivity contribution is -0.146. The van der Waals surface area contributed by atoms with Crippen LogP contribution in [0, 0.1) is 5.92 Å². The van der Waals surface area contributed by atoms with Crippen molar-refractivity contribution < 1.29 is 29.0 Å². The molecular weight excluding hydrogens is 753 g/mol. The number of benzene rings is 3. The minimum atomic E-state index is -2.97. The number of aliphatic hydroxyl groups is 1. The average molecular weight is 807 g/mol. The van der Waals surface area contributed by atoms with Gasteiger partial charge >= 0.3 is 0 Å². The predicted molar refractivity (Wildman–Crippen MR) is 223 cm³/mol. The lowest BCUT2D eigenvalue weighted by Gasteiger charge is -2.32. The fourth-order valence-electron chi connectivity index (χ4n) is 9.63. The molecule has 0 bridgehead atoms. The van der Waals surface area contributed by atoms with Crippen LogP contribution >= 0.6 is 0 Å². The molecule has 1 spiro atoms. The van der Waals surface area contributed by atoms with Crippen LogP contribution in [0.15, 0.2) is 79.0 Å². The second kappa shape index (κ2) is 16.5. The molecule has 58 heavy (non-hydrogen) atoms. The van der Waals surface area contributed by atoms with Gasteiger partial charge in [0.05, 0.1) is 48.6 Å². The van der Waals surface area contributed by atoms with Gasteiger partial charge in [0.2, 0.25) is 11.8 Å². The van der Waals surface area contributed by atoms with Crippen LogP contribution < -0.4 is 26.2 Å². The summed E-state index contributed by atoms with van der Waals surface area (Å²) in [6, 6.07) is 22.3. The van der Waals surface area contributed by atoms with Crippen molar-refractivity contribution in [2.24, 2.45) is 5.92 Å². The van der Waals surface area contributed by atoms with E-state index >= 15 is 4.79 Å². The van der Waals surface area contributed by atoms with E-state index in [0.717, 1.165) is 49.9 Å². The lowest BCUT2D eigenvalue weighted by atomic mass is 9.82. The summed E-state index contributed by atoms with van der Waals surface area (Å²) in [7, 11) is -2.97. The van der Waals surface area contributed by atoms with Crippen molar-refractivity contribution in [1.29, 1.82) is 0 Å². The van der Waals surface area contributed by atoms with Gasteiger partial charge in [0.15, 0.2) is 13.9 Å². The Morgan fingerprint density at radius 3 is 2.24 bits per heavy atom. The third-order valence-corrected chi connectivity index (χ3v) is 15.0. The van der Waals surface area contributed by atoms with Crippen LogP contribution in [0.3, 0.4) is 0 Å². The number of aryl methyl sites for hydroxylation is 1. The first-order valence-electron chi connectivity index (χ1n) is 20.6. The number of amides is 3. The normalized spacial score (nSPS) is 26.0. The van der Waals surface area contributed by atoms with E-state index in [2.05, 4.69) is 31.6 Å². The highest BCUT2D eigenvalue weighted by Crippen LogP contribution is 2.60. The van der Waals surface area contributed by atoms with Crippen molar-refractivity contribution in [3.05, 3.63) is 101 Å². The summed E-state index contributed by atoms with van der Waals surface area (Å²) in [5, 5.41) is 31.6. The second-order valence-electron chi connectivity index (χ2n) is 16.8. The highest BCUT2D eigenvalue weighted by atomic mass is 28.4. The zero-order valence-corrected chi connectivity index (χ0v) is 34.4. The van der Waals surface area contributed by atoms with Crippen molar-refractivity contribution in [2.45, 2.75) is 100 Å². The van der Waals surface area contributed by atoms with Crippen molar-refractivity contribution in [3.8, 4) is 0 Å². The van der Waals surface area contributed by atoms with Crippen molar-refractivity contribution in [1.82, 2.24) is 25.6 Å². The summed E-state index contributed by atoms with van der Waals surface area (Å²) in [5.74, 6) is -1.12. The number of fused-ring (bicyclic) bond motifs is 2. The quantitative estimate of drug-likeness (QED) is 0.107. The Morgan fingerprint density at radius 1 is 0.966 bits per heavy atom. The van der Waals surface area contributed by atoms with Crippen molar-refractivity contribution >= 4 is 43.1 Å². The minimum absolute atomic E-state index is 0.0555. The molecule has 0 saturated carbocycles. The number of carbonyl (C=O) groups excluding carboxylic acids is 3. The van der Waals surface area contributed by atoms with Crippen LogP contribution in [0.2, 0.25) is 18.6 Å². The van der Waals surface area contributed by atoms with Crippen LogP contribution in [-0.2, 0) is 37.8 Å². The number of aromatic nitrogens is 3. The number of aliphatic hydroxyl groups excluding tert-OH is 1. The van der Waals surface area contributed by atoms with E-state index in [-0.39, 0.29) is 54.4 Å². The Bertz CT molecular complexity index is 2110. The number of anilines is 3. The van der Waals surface area contributed by atoms with Crippen molar-refractivity contribution in [2.75, 3.05) is 35.2 Å². The van der Waals surface area contributed by atoms with Crippen LogP contribution in [0.5, 0.6) is 0 Å². The molecule has 3 fully saturated rings. The first-order chi connectivity index (χ1) is 28.0. The number of nitrogens with zero attached hydrogens (tertiary/aromatic N) is 4. The predicted octanol–water partition coefficient (Wildman–Crippen LogP) is 4.22.